The van der Waals surface area contributed by atoms with Crippen molar-refractivity contribution in [3.05, 3.63) is 28.6 Å². The molecule has 2 N–H and O–H groups in total. The van der Waals surface area contributed by atoms with Gasteiger partial charge in [0.15, 0.2) is 5.82 Å². The SMILES string of the molecule is CCOC(=O)c1cccnc1-n1nc(N)nc1Br. The first-order valence-corrected chi connectivity index (χ1v) is 5.93. The molecule has 7 nitrogen and oxygen atoms in total. The Morgan fingerprint density at radius 1 is 1.61 bits per heavy atom. The molecule has 0 unspecified atom stereocenters. The van der Waals surface area contributed by atoms with E-state index in [0.717, 1.165) is 0 Å². The third kappa shape index (κ3) is 2.33. The highest BCUT2D eigenvalue weighted by atomic mass is 79.9. The number of nitrogens with two attached hydrogens (primary N) is 1. The van der Waals surface area contributed by atoms with E-state index in [0.29, 0.717) is 16.1 Å². The topological polar surface area (TPSA) is 95.9 Å². The quantitative estimate of drug-likeness (QED) is 0.855. The van der Waals surface area contributed by atoms with E-state index < -0.39 is 5.97 Å². The van der Waals surface area contributed by atoms with Crippen LogP contribution < -0.4 is 5.73 Å². The lowest BCUT2D eigenvalue weighted by atomic mass is 10.2. The van der Waals surface area contributed by atoms with E-state index in [2.05, 4.69) is 31.0 Å². The van der Waals surface area contributed by atoms with Crippen molar-refractivity contribution in [1.29, 1.82) is 0 Å². The van der Waals surface area contributed by atoms with Crippen molar-refractivity contribution in [1.82, 2.24) is 19.7 Å². The molecule has 0 spiro atoms. The number of nitrogens with zero attached hydrogens (tertiary/aromatic N) is 4. The molecular formula is C10H10BrN5O2. The van der Waals surface area contributed by atoms with Crippen molar-refractivity contribution >= 4 is 27.8 Å². The molecule has 94 valence electrons. The summed E-state index contributed by atoms with van der Waals surface area (Å²) >= 11 is 3.19. The summed E-state index contributed by atoms with van der Waals surface area (Å²) in [7, 11) is 0. The van der Waals surface area contributed by atoms with Crippen molar-refractivity contribution < 1.29 is 9.53 Å². The van der Waals surface area contributed by atoms with E-state index in [1.807, 2.05) is 0 Å². The van der Waals surface area contributed by atoms with Gasteiger partial charge in [0.1, 0.15) is 5.56 Å². The number of pyridine rings is 1. The number of hydrogen-bond donors (Lipinski definition) is 1. The Hall–Kier alpha value is -1.96. The third-order valence-corrected chi connectivity index (χ3v) is 2.58. The highest BCUT2D eigenvalue weighted by molar-refractivity contribution is 9.10. The van der Waals surface area contributed by atoms with Crippen LogP contribution in [-0.4, -0.2) is 32.3 Å². The minimum absolute atomic E-state index is 0.0855. The summed E-state index contributed by atoms with van der Waals surface area (Å²) in [6.45, 7) is 2.02. The fourth-order valence-corrected chi connectivity index (χ4v) is 1.81. The lowest BCUT2D eigenvalue weighted by Crippen LogP contribution is -2.12. The molecule has 0 radical (unpaired) electrons. The highest BCUT2D eigenvalue weighted by Gasteiger charge is 2.18. The van der Waals surface area contributed by atoms with Gasteiger partial charge in [-0.3, -0.25) is 0 Å². The number of nitrogen functional groups attached to an aromatic ring is 1. The smallest absolute Gasteiger partial charge is 0.341 e. The molecule has 0 amide bonds. The number of carbonyl (C=O) groups is 1. The number of rotatable bonds is 3. The van der Waals surface area contributed by atoms with Crippen LogP contribution in [0.1, 0.15) is 17.3 Å². The lowest BCUT2D eigenvalue weighted by molar-refractivity contribution is 0.0525. The number of anilines is 1. The van der Waals surface area contributed by atoms with Crippen molar-refractivity contribution in [2.24, 2.45) is 0 Å². The zero-order valence-corrected chi connectivity index (χ0v) is 11.1. The minimum Gasteiger partial charge on any atom is -0.462 e. The summed E-state index contributed by atoms with van der Waals surface area (Å²) < 4.78 is 6.65. The van der Waals surface area contributed by atoms with Gasteiger partial charge in [0.25, 0.3) is 0 Å². The number of ether oxygens (including phenoxy) is 1. The molecule has 2 rings (SSSR count). The van der Waals surface area contributed by atoms with Crippen LogP contribution in [0.4, 0.5) is 5.95 Å². The highest BCUT2D eigenvalue weighted by Crippen LogP contribution is 2.17. The van der Waals surface area contributed by atoms with Crippen LogP contribution in [0.25, 0.3) is 5.82 Å². The maximum atomic E-state index is 11.8. The van der Waals surface area contributed by atoms with E-state index in [1.54, 1.807) is 25.3 Å². The van der Waals surface area contributed by atoms with Gasteiger partial charge >= 0.3 is 5.97 Å². The first-order chi connectivity index (χ1) is 8.63. The van der Waals surface area contributed by atoms with E-state index in [-0.39, 0.29) is 12.6 Å². The van der Waals surface area contributed by atoms with Crippen molar-refractivity contribution in [3.8, 4) is 5.82 Å². The fourth-order valence-electron chi connectivity index (χ4n) is 1.38. The molecule has 2 aromatic rings. The predicted molar refractivity (Wildman–Crippen MR) is 67.2 cm³/mol. The molecule has 0 aliphatic carbocycles. The van der Waals surface area contributed by atoms with E-state index in [9.17, 15) is 4.79 Å². The number of esters is 1. The van der Waals surface area contributed by atoms with Crippen LogP contribution in [-0.2, 0) is 4.74 Å². The second-order valence-corrected chi connectivity index (χ2v) is 3.96. The maximum absolute atomic E-state index is 11.8. The van der Waals surface area contributed by atoms with Gasteiger partial charge in [-0.15, -0.1) is 5.10 Å². The maximum Gasteiger partial charge on any atom is 0.341 e. The zero-order valence-electron chi connectivity index (χ0n) is 9.50. The standard InChI is InChI=1S/C10H10BrN5O2/c1-2-18-8(17)6-4-3-5-13-7(6)16-9(11)14-10(12)15-16/h3-5H,2H2,1H3,(H2,12,15). The molecule has 0 aromatic carbocycles. The number of carbonyl (C=O) groups excluding carboxylic acids is 1. The normalized spacial score (nSPS) is 10.3. The average molecular weight is 312 g/mol. The number of halogens is 1. The lowest BCUT2D eigenvalue weighted by Gasteiger charge is -2.07. The zero-order chi connectivity index (χ0) is 13.1. The number of aromatic nitrogens is 4. The first kappa shape index (κ1) is 12.5. The van der Waals surface area contributed by atoms with Gasteiger partial charge in [-0.25, -0.2) is 9.78 Å². The predicted octanol–water partition coefficient (Wildman–Crippen LogP) is 1.18. The molecule has 2 heterocycles. The average Bonchev–Trinajstić information content (AvgIpc) is 2.69. The van der Waals surface area contributed by atoms with Crippen molar-refractivity contribution in [2.45, 2.75) is 6.92 Å². The summed E-state index contributed by atoms with van der Waals surface area (Å²) in [4.78, 5) is 19.8. The van der Waals surface area contributed by atoms with Crippen molar-refractivity contribution in [2.75, 3.05) is 12.3 Å². The molecule has 0 saturated heterocycles. The van der Waals surface area contributed by atoms with Gasteiger partial charge in [-0.2, -0.15) is 9.67 Å². The molecule has 2 aromatic heterocycles. The Morgan fingerprint density at radius 3 is 3.00 bits per heavy atom. The van der Waals surface area contributed by atoms with Crippen LogP contribution in [0.15, 0.2) is 23.1 Å². The van der Waals surface area contributed by atoms with Crippen LogP contribution in [0.2, 0.25) is 0 Å². The molecule has 0 aliphatic heterocycles. The second kappa shape index (κ2) is 5.13. The third-order valence-electron chi connectivity index (χ3n) is 2.07. The molecule has 0 fully saturated rings. The number of hydrogen-bond acceptors (Lipinski definition) is 6. The van der Waals surface area contributed by atoms with Crippen LogP contribution >= 0.6 is 15.9 Å². The van der Waals surface area contributed by atoms with Gasteiger partial charge < -0.3 is 10.5 Å². The van der Waals surface area contributed by atoms with Crippen molar-refractivity contribution in [3.63, 3.8) is 0 Å². The van der Waals surface area contributed by atoms with E-state index in [1.165, 1.54) is 4.68 Å². The van der Waals surface area contributed by atoms with Crippen LogP contribution in [0, 0.1) is 0 Å². The van der Waals surface area contributed by atoms with E-state index >= 15 is 0 Å². The molecule has 0 saturated carbocycles. The van der Waals surface area contributed by atoms with Gasteiger partial charge in [-0.1, -0.05) is 0 Å². The second-order valence-electron chi connectivity index (χ2n) is 3.25. The Morgan fingerprint density at radius 2 is 2.39 bits per heavy atom. The monoisotopic (exact) mass is 311 g/mol. The van der Waals surface area contributed by atoms with Gasteiger partial charge in [0.2, 0.25) is 10.7 Å². The van der Waals surface area contributed by atoms with Crippen LogP contribution in [0.5, 0.6) is 0 Å². The summed E-state index contributed by atoms with van der Waals surface area (Å²) in [5.41, 5.74) is 5.78. The van der Waals surface area contributed by atoms with E-state index in [4.69, 9.17) is 10.5 Å². The molecule has 0 bridgehead atoms. The molecule has 18 heavy (non-hydrogen) atoms. The Balaban J connectivity index is 2.51. The van der Waals surface area contributed by atoms with Gasteiger partial charge in [0, 0.05) is 6.20 Å². The summed E-state index contributed by atoms with van der Waals surface area (Å²) in [5, 5.41) is 3.95. The molecular weight excluding hydrogens is 302 g/mol. The Bertz CT molecular complexity index is 583. The summed E-state index contributed by atoms with van der Waals surface area (Å²) in [6.07, 6.45) is 1.54. The largest absolute Gasteiger partial charge is 0.462 e. The van der Waals surface area contributed by atoms with Gasteiger partial charge in [-0.05, 0) is 35.0 Å². The minimum atomic E-state index is -0.471. The fraction of sp³-hybridized carbons (Fsp3) is 0.200. The molecule has 0 atom stereocenters. The van der Waals surface area contributed by atoms with Crippen LogP contribution in [0.3, 0.4) is 0 Å². The summed E-state index contributed by atoms with van der Waals surface area (Å²) in [6, 6.07) is 3.24. The Labute approximate surface area is 111 Å². The molecule has 8 heteroatoms. The first-order valence-electron chi connectivity index (χ1n) is 5.14. The summed E-state index contributed by atoms with van der Waals surface area (Å²) in [5.74, 6) is -0.0732. The van der Waals surface area contributed by atoms with Gasteiger partial charge in [0.05, 0.1) is 6.61 Å². The molecule has 0 aliphatic rings. The Kier molecular flexibility index (Phi) is 3.56.